The van der Waals surface area contributed by atoms with Crippen molar-refractivity contribution >= 4 is 11.9 Å². The van der Waals surface area contributed by atoms with Crippen LogP contribution in [0.1, 0.15) is 19.3 Å². The zero-order valence-electron chi connectivity index (χ0n) is 6.90. The van der Waals surface area contributed by atoms with Gasteiger partial charge >= 0.3 is 11.9 Å². The number of hydrogen-bond acceptors (Lipinski definition) is 5. The number of hydrazine groups is 1. The van der Waals surface area contributed by atoms with E-state index in [1.54, 1.807) is 0 Å². The summed E-state index contributed by atoms with van der Waals surface area (Å²) >= 11 is 0. The molecule has 0 amide bonds. The van der Waals surface area contributed by atoms with Gasteiger partial charge in [0, 0.05) is 0 Å². The monoisotopic (exact) mass is 186 g/mol. The van der Waals surface area contributed by atoms with E-state index >= 15 is 0 Å². The number of hydrogen-bond donors (Lipinski definition) is 2. The second-order valence-electron chi connectivity index (χ2n) is 3.22. The van der Waals surface area contributed by atoms with Crippen LogP contribution >= 0.6 is 0 Å². The number of rotatable bonds is 1. The zero-order valence-corrected chi connectivity index (χ0v) is 6.90. The molecule has 0 aromatic heterocycles. The van der Waals surface area contributed by atoms with E-state index in [-0.39, 0.29) is 5.97 Å². The molecule has 0 aromatic rings. The third-order valence-corrected chi connectivity index (χ3v) is 2.44. The van der Waals surface area contributed by atoms with Crippen molar-refractivity contribution in [2.45, 2.75) is 31.3 Å². The molecular weight excluding hydrogens is 176 g/mol. The highest BCUT2D eigenvalue weighted by molar-refractivity contribution is 5.80. The first-order valence-electron chi connectivity index (χ1n) is 4.17. The largest absolute Gasteiger partial charge is 0.480 e. The Morgan fingerprint density at radius 3 is 3.08 bits per heavy atom. The molecule has 2 saturated heterocycles. The Bertz CT molecular complexity index is 255. The van der Waals surface area contributed by atoms with E-state index in [1.807, 2.05) is 0 Å². The standard InChI is InChI=1S/C7H10N2O4/c10-6(11)4-2-1-3-5-7(12)13-8-9(4)5/h4-5,8H,1-3H2,(H,10,11). The van der Waals surface area contributed by atoms with Crippen LogP contribution in [-0.2, 0) is 14.4 Å². The van der Waals surface area contributed by atoms with Crippen molar-refractivity contribution in [1.29, 1.82) is 0 Å². The van der Waals surface area contributed by atoms with Gasteiger partial charge in [-0.05, 0) is 19.3 Å². The fourth-order valence-electron chi connectivity index (χ4n) is 1.77. The van der Waals surface area contributed by atoms with Crippen molar-refractivity contribution in [3.8, 4) is 0 Å². The molecule has 2 aliphatic heterocycles. The van der Waals surface area contributed by atoms with Crippen molar-refractivity contribution in [3.63, 3.8) is 0 Å². The van der Waals surface area contributed by atoms with Gasteiger partial charge in [-0.1, -0.05) is 5.59 Å². The Kier molecular flexibility index (Phi) is 1.93. The van der Waals surface area contributed by atoms with Crippen LogP contribution in [0.15, 0.2) is 0 Å². The summed E-state index contributed by atoms with van der Waals surface area (Å²) in [6.07, 6.45) is 1.96. The quantitative estimate of drug-likeness (QED) is 0.562. The maximum absolute atomic E-state index is 11.1. The number of aliphatic carboxylic acids is 1. The third kappa shape index (κ3) is 1.27. The fourth-order valence-corrected chi connectivity index (χ4v) is 1.77. The molecule has 0 saturated carbocycles. The highest BCUT2D eigenvalue weighted by Crippen LogP contribution is 2.25. The molecule has 0 radical (unpaired) electrons. The molecule has 2 atom stereocenters. The number of carboxylic acid groups (broad SMARTS) is 1. The molecule has 2 heterocycles. The number of fused-ring (bicyclic) bond motifs is 1. The normalized spacial score (nSPS) is 34.0. The lowest BCUT2D eigenvalue weighted by Crippen LogP contribution is -2.52. The van der Waals surface area contributed by atoms with Crippen LogP contribution in [0.3, 0.4) is 0 Å². The predicted octanol–water partition coefficient (Wildman–Crippen LogP) is -0.729. The maximum Gasteiger partial charge on any atom is 0.345 e. The van der Waals surface area contributed by atoms with Gasteiger partial charge < -0.3 is 9.94 Å². The van der Waals surface area contributed by atoms with Crippen molar-refractivity contribution in [3.05, 3.63) is 0 Å². The third-order valence-electron chi connectivity index (χ3n) is 2.44. The number of carbonyl (C=O) groups is 2. The second kappa shape index (κ2) is 2.97. The minimum absolute atomic E-state index is 0.383. The Hall–Kier alpha value is -1.14. The van der Waals surface area contributed by atoms with Crippen LogP contribution in [-0.4, -0.2) is 34.1 Å². The lowest BCUT2D eigenvalue weighted by molar-refractivity contribution is -0.151. The summed E-state index contributed by atoms with van der Waals surface area (Å²) in [5.74, 6) is -1.30. The zero-order chi connectivity index (χ0) is 9.42. The molecule has 72 valence electrons. The first kappa shape index (κ1) is 8.46. The molecule has 2 fully saturated rings. The van der Waals surface area contributed by atoms with Crippen molar-refractivity contribution in [1.82, 2.24) is 10.6 Å². The maximum atomic E-state index is 11.1. The number of carbonyl (C=O) groups excluding carboxylic acids is 1. The average molecular weight is 186 g/mol. The van der Waals surface area contributed by atoms with Crippen molar-refractivity contribution in [2.24, 2.45) is 0 Å². The SMILES string of the molecule is O=C(O)C1CCCC2C(=O)ONN12. The van der Waals surface area contributed by atoms with Gasteiger partial charge in [0.05, 0.1) is 0 Å². The first-order chi connectivity index (χ1) is 6.20. The van der Waals surface area contributed by atoms with E-state index in [2.05, 4.69) is 10.4 Å². The van der Waals surface area contributed by atoms with Crippen LogP contribution in [0.4, 0.5) is 0 Å². The predicted molar refractivity (Wildman–Crippen MR) is 40.1 cm³/mol. The molecular formula is C7H10N2O4. The molecule has 2 rings (SSSR count). The van der Waals surface area contributed by atoms with Gasteiger partial charge in [0.1, 0.15) is 12.1 Å². The molecule has 6 nitrogen and oxygen atoms in total. The van der Waals surface area contributed by atoms with Crippen LogP contribution < -0.4 is 5.59 Å². The molecule has 0 spiro atoms. The van der Waals surface area contributed by atoms with Gasteiger partial charge in [-0.2, -0.15) is 5.01 Å². The number of nitrogens with one attached hydrogen (secondary N) is 1. The average Bonchev–Trinajstić information content (AvgIpc) is 2.48. The van der Waals surface area contributed by atoms with E-state index in [4.69, 9.17) is 5.11 Å². The molecule has 2 N–H and O–H groups in total. The summed E-state index contributed by atoms with van der Waals surface area (Å²) in [7, 11) is 0. The molecule has 13 heavy (non-hydrogen) atoms. The van der Waals surface area contributed by atoms with Gasteiger partial charge in [0.15, 0.2) is 0 Å². The van der Waals surface area contributed by atoms with E-state index in [1.165, 1.54) is 5.01 Å². The lowest BCUT2D eigenvalue weighted by Gasteiger charge is -2.30. The molecule has 0 bridgehead atoms. The van der Waals surface area contributed by atoms with E-state index in [0.717, 1.165) is 6.42 Å². The van der Waals surface area contributed by atoms with Crippen molar-refractivity contribution < 1.29 is 19.5 Å². The fraction of sp³-hybridized carbons (Fsp3) is 0.714. The van der Waals surface area contributed by atoms with Crippen LogP contribution in [0, 0.1) is 0 Å². The van der Waals surface area contributed by atoms with Gasteiger partial charge in [-0.3, -0.25) is 4.79 Å². The van der Waals surface area contributed by atoms with Crippen LogP contribution in [0.2, 0.25) is 0 Å². The summed E-state index contributed by atoms with van der Waals surface area (Å²) in [6.45, 7) is 0. The number of carboxylic acids is 1. The Labute approximate surface area is 74.4 Å². The summed E-state index contributed by atoms with van der Waals surface area (Å²) in [5, 5.41) is 10.2. The molecule has 6 heteroatoms. The minimum Gasteiger partial charge on any atom is -0.480 e. The summed E-state index contributed by atoms with van der Waals surface area (Å²) in [5.41, 5.74) is 2.34. The first-order valence-corrected chi connectivity index (χ1v) is 4.17. The Morgan fingerprint density at radius 1 is 1.62 bits per heavy atom. The van der Waals surface area contributed by atoms with Crippen LogP contribution in [0.25, 0.3) is 0 Å². The molecule has 2 aliphatic rings. The van der Waals surface area contributed by atoms with Gasteiger partial charge in [-0.25, -0.2) is 4.79 Å². The summed E-state index contributed by atoms with van der Waals surface area (Å²) in [4.78, 5) is 26.4. The van der Waals surface area contributed by atoms with E-state index in [9.17, 15) is 9.59 Å². The highest BCUT2D eigenvalue weighted by atomic mass is 16.7. The van der Waals surface area contributed by atoms with Gasteiger partial charge in [0.2, 0.25) is 0 Å². The summed E-state index contributed by atoms with van der Waals surface area (Å²) in [6, 6.07) is -1.07. The van der Waals surface area contributed by atoms with Gasteiger partial charge in [0.25, 0.3) is 0 Å². The van der Waals surface area contributed by atoms with Gasteiger partial charge in [-0.15, -0.1) is 0 Å². The smallest absolute Gasteiger partial charge is 0.345 e. The molecule has 0 aromatic carbocycles. The lowest BCUT2D eigenvalue weighted by atomic mass is 9.98. The Morgan fingerprint density at radius 2 is 2.38 bits per heavy atom. The molecule has 2 unspecified atom stereocenters. The topological polar surface area (TPSA) is 78.9 Å². The van der Waals surface area contributed by atoms with Crippen LogP contribution in [0.5, 0.6) is 0 Å². The molecule has 0 aliphatic carbocycles. The van der Waals surface area contributed by atoms with E-state index < -0.39 is 18.1 Å². The highest BCUT2D eigenvalue weighted by Gasteiger charge is 2.44. The summed E-state index contributed by atoms with van der Waals surface area (Å²) < 4.78 is 0. The number of piperidine rings is 1. The second-order valence-corrected chi connectivity index (χ2v) is 3.22. The van der Waals surface area contributed by atoms with E-state index in [0.29, 0.717) is 12.8 Å². The number of nitrogens with zero attached hydrogens (tertiary/aromatic N) is 1. The Balaban J connectivity index is 2.16. The van der Waals surface area contributed by atoms with Crippen molar-refractivity contribution in [2.75, 3.05) is 0 Å². The minimum atomic E-state index is -0.921.